The number of ether oxygens (including phenoxy) is 3. The van der Waals surface area contributed by atoms with E-state index in [0.717, 1.165) is 38.5 Å². The quantitative estimate of drug-likeness (QED) is 0.240. The summed E-state index contributed by atoms with van der Waals surface area (Å²) in [4.78, 5) is 36.9. The Morgan fingerprint density at radius 3 is 1.93 bits per heavy atom. The molecule has 0 aromatic heterocycles. The number of carbonyl (C=O) groups excluding carboxylic acids is 3. The molecule has 0 aromatic carbocycles. The standard InChI is InChI=1S/C21H38O7/c1-5-8-10-12-26-19(23)14-18(21(25)28-15-17(22)7-3)16(4)20(24)27-13-11-9-6-2/h16-18,22H,5-15H2,1-4H3. The van der Waals surface area contributed by atoms with Crippen molar-refractivity contribution in [2.75, 3.05) is 19.8 Å². The summed E-state index contributed by atoms with van der Waals surface area (Å²) < 4.78 is 15.5. The third kappa shape index (κ3) is 12.0. The molecule has 0 aliphatic carbocycles. The van der Waals surface area contributed by atoms with Crippen LogP contribution in [0.3, 0.4) is 0 Å². The van der Waals surface area contributed by atoms with Gasteiger partial charge in [0.2, 0.25) is 0 Å². The first-order valence-corrected chi connectivity index (χ1v) is 10.5. The van der Waals surface area contributed by atoms with Gasteiger partial charge in [0.25, 0.3) is 0 Å². The topological polar surface area (TPSA) is 99.1 Å². The zero-order chi connectivity index (χ0) is 21.4. The van der Waals surface area contributed by atoms with E-state index in [9.17, 15) is 19.5 Å². The van der Waals surface area contributed by atoms with Crippen LogP contribution in [0.4, 0.5) is 0 Å². The summed E-state index contributed by atoms with van der Waals surface area (Å²) in [6, 6.07) is 0. The van der Waals surface area contributed by atoms with Crippen molar-refractivity contribution in [1.82, 2.24) is 0 Å². The lowest BCUT2D eigenvalue weighted by Crippen LogP contribution is -2.34. The maximum atomic E-state index is 12.4. The molecule has 164 valence electrons. The van der Waals surface area contributed by atoms with Gasteiger partial charge in [0.1, 0.15) is 6.61 Å². The lowest BCUT2D eigenvalue weighted by Gasteiger charge is -2.21. The Morgan fingerprint density at radius 2 is 1.39 bits per heavy atom. The van der Waals surface area contributed by atoms with Crippen LogP contribution in [0.25, 0.3) is 0 Å². The number of aliphatic hydroxyl groups excluding tert-OH is 1. The number of carbonyl (C=O) groups is 3. The summed E-state index contributed by atoms with van der Waals surface area (Å²) in [7, 11) is 0. The summed E-state index contributed by atoms with van der Waals surface area (Å²) in [6.45, 7) is 7.82. The van der Waals surface area contributed by atoms with Crippen molar-refractivity contribution in [3.63, 3.8) is 0 Å². The Labute approximate surface area is 169 Å². The molecular formula is C21H38O7. The number of esters is 3. The maximum absolute atomic E-state index is 12.4. The molecule has 0 rings (SSSR count). The number of rotatable bonds is 16. The third-order valence-corrected chi connectivity index (χ3v) is 4.56. The number of hydrogen-bond acceptors (Lipinski definition) is 7. The number of aliphatic hydroxyl groups is 1. The van der Waals surface area contributed by atoms with Crippen LogP contribution in [0.2, 0.25) is 0 Å². The van der Waals surface area contributed by atoms with Gasteiger partial charge in [-0.1, -0.05) is 53.4 Å². The lowest BCUT2D eigenvalue weighted by atomic mass is 9.91. The van der Waals surface area contributed by atoms with Gasteiger partial charge in [-0.25, -0.2) is 0 Å². The van der Waals surface area contributed by atoms with Crippen molar-refractivity contribution in [3.8, 4) is 0 Å². The van der Waals surface area contributed by atoms with E-state index in [-0.39, 0.29) is 19.6 Å². The molecule has 0 radical (unpaired) electrons. The third-order valence-electron chi connectivity index (χ3n) is 4.56. The fourth-order valence-corrected chi connectivity index (χ4v) is 2.46. The van der Waals surface area contributed by atoms with Crippen molar-refractivity contribution in [2.45, 2.75) is 85.2 Å². The highest BCUT2D eigenvalue weighted by Gasteiger charge is 2.35. The predicted octanol–water partition coefficient (Wildman–Crippen LogP) is 3.41. The molecule has 0 saturated heterocycles. The van der Waals surface area contributed by atoms with Crippen LogP contribution >= 0.6 is 0 Å². The van der Waals surface area contributed by atoms with Crippen LogP contribution in [-0.2, 0) is 28.6 Å². The van der Waals surface area contributed by atoms with Gasteiger partial charge < -0.3 is 19.3 Å². The Morgan fingerprint density at radius 1 is 0.821 bits per heavy atom. The minimum absolute atomic E-state index is 0.171. The normalized spacial score (nSPS) is 14.0. The number of unbranched alkanes of at least 4 members (excludes halogenated alkanes) is 4. The van der Waals surface area contributed by atoms with E-state index in [1.807, 2.05) is 13.8 Å². The highest BCUT2D eigenvalue weighted by atomic mass is 16.6. The van der Waals surface area contributed by atoms with Crippen LogP contribution in [0, 0.1) is 11.8 Å². The molecule has 0 aliphatic rings. The first-order valence-electron chi connectivity index (χ1n) is 10.5. The van der Waals surface area contributed by atoms with E-state index in [2.05, 4.69) is 0 Å². The Bertz CT molecular complexity index is 450. The second-order valence-corrected chi connectivity index (χ2v) is 7.09. The zero-order valence-corrected chi connectivity index (χ0v) is 17.9. The average molecular weight is 403 g/mol. The summed E-state index contributed by atoms with van der Waals surface area (Å²) in [5.41, 5.74) is 0. The summed E-state index contributed by atoms with van der Waals surface area (Å²) >= 11 is 0. The van der Waals surface area contributed by atoms with Crippen LogP contribution in [0.15, 0.2) is 0 Å². The second-order valence-electron chi connectivity index (χ2n) is 7.09. The molecule has 0 fully saturated rings. The molecule has 28 heavy (non-hydrogen) atoms. The molecule has 0 spiro atoms. The van der Waals surface area contributed by atoms with Gasteiger partial charge in [0, 0.05) is 0 Å². The molecule has 0 amide bonds. The Kier molecular flexibility index (Phi) is 15.4. The van der Waals surface area contributed by atoms with Crippen LogP contribution in [0.5, 0.6) is 0 Å². The van der Waals surface area contributed by atoms with E-state index < -0.39 is 35.8 Å². The van der Waals surface area contributed by atoms with E-state index in [0.29, 0.717) is 13.0 Å². The van der Waals surface area contributed by atoms with Crippen LogP contribution < -0.4 is 0 Å². The summed E-state index contributed by atoms with van der Waals surface area (Å²) in [6.07, 6.45) is 4.84. The van der Waals surface area contributed by atoms with E-state index in [4.69, 9.17) is 14.2 Å². The second kappa shape index (κ2) is 16.3. The van der Waals surface area contributed by atoms with Crippen LogP contribution in [-0.4, -0.2) is 48.9 Å². The van der Waals surface area contributed by atoms with Crippen molar-refractivity contribution in [3.05, 3.63) is 0 Å². The van der Waals surface area contributed by atoms with Crippen molar-refractivity contribution in [1.29, 1.82) is 0 Å². The first-order chi connectivity index (χ1) is 13.4. The van der Waals surface area contributed by atoms with Gasteiger partial charge in [-0.2, -0.15) is 0 Å². The van der Waals surface area contributed by atoms with Crippen molar-refractivity contribution >= 4 is 17.9 Å². The Balaban J connectivity index is 4.82. The van der Waals surface area contributed by atoms with Gasteiger partial charge in [-0.3, -0.25) is 14.4 Å². The lowest BCUT2D eigenvalue weighted by molar-refractivity contribution is -0.165. The van der Waals surface area contributed by atoms with E-state index >= 15 is 0 Å². The van der Waals surface area contributed by atoms with Gasteiger partial charge in [-0.05, 0) is 19.3 Å². The molecule has 1 N–H and O–H groups in total. The molecule has 0 bridgehead atoms. The SMILES string of the molecule is CCCCCOC(=O)CC(C(=O)OCC(O)CC)C(C)C(=O)OCCCCC. The largest absolute Gasteiger partial charge is 0.466 e. The molecule has 3 unspecified atom stereocenters. The summed E-state index contributed by atoms with van der Waals surface area (Å²) in [5, 5.41) is 9.59. The van der Waals surface area contributed by atoms with E-state index in [1.54, 1.807) is 13.8 Å². The van der Waals surface area contributed by atoms with Gasteiger partial charge in [-0.15, -0.1) is 0 Å². The average Bonchev–Trinajstić information content (AvgIpc) is 2.69. The molecular weight excluding hydrogens is 364 g/mol. The van der Waals surface area contributed by atoms with Gasteiger partial charge >= 0.3 is 17.9 Å². The highest BCUT2D eigenvalue weighted by Crippen LogP contribution is 2.21. The van der Waals surface area contributed by atoms with Gasteiger partial charge in [0.15, 0.2) is 0 Å². The molecule has 7 heteroatoms. The minimum atomic E-state index is -0.999. The molecule has 7 nitrogen and oxygen atoms in total. The highest BCUT2D eigenvalue weighted by molar-refractivity contribution is 5.85. The molecule has 0 heterocycles. The molecule has 3 atom stereocenters. The van der Waals surface area contributed by atoms with Gasteiger partial charge in [0.05, 0.1) is 37.6 Å². The predicted molar refractivity (Wildman–Crippen MR) is 105 cm³/mol. The smallest absolute Gasteiger partial charge is 0.310 e. The van der Waals surface area contributed by atoms with Crippen LogP contribution in [0.1, 0.15) is 79.1 Å². The monoisotopic (exact) mass is 402 g/mol. The number of hydrogen-bond donors (Lipinski definition) is 1. The van der Waals surface area contributed by atoms with E-state index in [1.165, 1.54) is 0 Å². The molecule has 0 aromatic rings. The molecule has 0 aliphatic heterocycles. The minimum Gasteiger partial charge on any atom is -0.466 e. The fraction of sp³-hybridized carbons (Fsp3) is 0.857. The maximum Gasteiger partial charge on any atom is 0.310 e. The van der Waals surface area contributed by atoms with Crippen molar-refractivity contribution < 1.29 is 33.7 Å². The first kappa shape index (κ1) is 26.4. The van der Waals surface area contributed by atoms with Crippen molar-refractivity contribution in [2.24, 2.45) is 11.8 Å². The fourth-order valence-electron chi connectivity index (χ4n) is 2.46. The summed E-state index contributed by atoms with van der Waals surface area (Å²) in [5.74, 6) is -3.61. The molecule has 0 saturated carbocycles. The Hall–Kier alpha value is -1.63. The zero-order valence-electron chi connectivity index (χ0n) is 17.9.